The molecule has 0 bridgehead atoms. The van der Waals surface area contributed by atoms with E-state index in [0.717, 1.165) is 26.1 Å². The summed E-state index contributed by atoms with van der Waals surface area (Å²) in [6.45, 7) is 5.97. The molecule has 1 aliphatic heterocycles. The van der Waals surface area contributed by atoms with E-state index in [9.17, 15) is 10.1 Å². The maximum Gasteiger partial charge on any atom is 0.310 e. The first-order valence-corrected chi connectivity index (χ1v) is 6.91. The van der Waals surface area contributed by atoms with E-state index in [2.05, 4.69) is 11.8 Å². The SMILES string of the molecule is CCCN1CCO[C@@H](COc2ccccc2[N+](=O)[O-])C1. The fraction of sp³-hybridized carbons (Fsp3) is 0.571. The zero-order valence-electron chi connectivity index (χ0n) is 11.7. The summed E-state index contributed by atoms with van der Waals surface area (Å²) in [6.07, 6.45) is 1.08. The highest BCUT2D eigenvalue weighted by Crippen LogP contribution is 2.26. The molecule has 1 aromatic rings. The lowest BCUT2D eigenvalue weighted by atomic mass is 10.2. The lowest BCUT2D eigenvalue weighted by Crippen LogP contribution is -2.45. The van der Waals surface area contributed by atoms with Crippen LogP contribution in [-0.4, -0.2) is 48.8 Å². The highest BCUT2D eigenvalue weighted by molar-refractivity contribution is 5.45. The number of nitro benzene ring substituents is 1. The van der Waals surface area contributed by atoms with Crippen LogP contribution in [0.15, 0.2) is 24.3 Å². The van der Waals surface area contributed by atoms with Crippen LogP contribution < -0.4 is 4.74 Å². The van der Waals surface area contributed by atoms with Crippen LogP contribution in [0.5, 0.6) is 5.75 Å². The Morgan fingerprint density at radius 3 is 3.05 bits per heavy atom. The van der Waals surface area contributed by atoms with E-state index in [1.807, 2.05) is 0 Å². The Morgan fingerprint density at radius 2 is 2.30 bits per heavy atom. The molecule has 110 valence electrons. The standard InChI is InChI=1S/C14H20N2O4/c1-2-7-15-8-9-19-12(10-15)11-20-14-6-4-3-5-13(14)16(17)18/h3-6,12H,2,7-11H2,1H3/t12-/m1/s1. The summed E-state index contributed by atoms with van der Waals surface area (Å²) in [5, 5.41) is 10.9. The Balaban J connectivity index is 1.90. The normalized spacial score (nSPS) is 19.8. The molecule has 6 nitrogen and oxygen atoms in total. The van der Waals surface area contributed by atoms with Crippen LogP contribution in [-0.2, 0) is 4.74 Å². The smallest absolute Gasteiger partial charge is 0.310 e. The third kappa shape index (κ3) is 3.91. The minimum Gasteiger partial charge on any atom is -0.484 e. The van der Waals surface area contributed by atoms with Crippen LogP contribution in [0.2, 0.25) is 0 Å². The summed E-state index contributed by atoms with van der Waals surface area (Å²) in [7, 11) is 0. The molecule has 1 atom stereocenters. The molecule has 0 radical (unpaired) electrons. The van der Waals surface area contributed by atoms with Crippen LogP contribution in [0.25, 0.3) is 0 Å². The molecule has 6 heteroatoms. The number of hydrogen-bond donors (Lipinski definition) is 0. The van der Waals surface area contributed by atoms with Gasteiger partial charge in [0.1, 0.15) is 12.7 Å². The van der Waals surface area contributed by atoms with E-state index in [-0.39, 0.29) is 11.8 Å². The van der Waals surface area contributed by atoms with Gasteiger partial charge in [0.05, 0.1) is 11.5 Å². The van der Waals surface area contributed by atoms with Crippen molar-refractivity contribution >= 4 is 5.69 Å². The minimum absolute atomic E-state index is 0.00581. The average molecular weight is 280 g/mol. The van der Waals surface area contributed by atoms with Gasteiger partial charge in [-0.25, -0.2) is 0 Å². The molecule has 1 saturated heterocycles. The van der Waals surface area contributed by atoms with Gasteiger partial charge in [-0.15, -0.1) is 0 Å². The van der Waals surface area contributed by atoms with Gasteiger partial charge in [-0.05, 0) is 19.0 Å². The predicted octanol–water partition coefficient (Wildman–Crippen LogP) is 2.08. The van der Waals surface area contributed by atoms with E-state index in [4.69, 9.17) is 9.47 Å². The van der Waals surface area contributed by atoms with Crippen LogP contribution in [0.3, 0.4) is 0 Å². The molecule has 0 aliphatic carbocycles. The highest BCUT2D eigenvalue weighted by Gasteiger charge is 2.22. The number of ether oxygens (including phenoxy) is 2. The number of rotatable bonds is 6. The van der Waals surface area contributed by atoms with Gasteiger partial charge in [-0.1, -0.05) is 19.1 Å². The average Bonchev–Trinajstić information content (AvgIpc) is 2.46. The maximum atomic E-state index is 10.9. The van der Waals surface area contributed by atoms with Gasteiger partial charge in [0.25, 0.3) is 0 Å². The lowest BCUT2D eigenvalue weighted by molar-refractivity contribution is -0.385. The Hall–Kier alpha value is -1.66. The van der Waals surface area contributed by atoms with Gasteiger partial charge >= 0.3 is 5.69 Å². The number of benzene rings is 1. The van der Waals surface area contributed by atoms with Crippen LogP contribution in [0.1, 0.15) is 13.3 Å². The quantitative estimate of drug-likeness (QED) is 0.589. The molecule has 1 fully saturated rings. The largest absolute Gasteiger partial charge is 0.484 e. The van der Waals surface area contributed by atoms with E-state index in [1.165, 1.54) is 6.07 Å². The van der Waals surface area contributed by atoms with Gasteiger partial charge in [0, 0.05) is 19.2 Å². The van der Waals surface area contributed by atoms with E-state index >= 15 is 0 Å². The van der Waals surface area contributed by atoms with E-state index in [1.54, 1.807) is 18.2 Å². The van der Waals surface area contributed by atoms with Crippen LogP contribution in [0, 0.1) is 10.1 Å². The molecule has 1 aliphatic rings. The van der Waals surface area contributed by atoms with E-state index in [0.29, 0.717) is 19.0 Å². The number of nitro groups is 1. The third-order valence-corrected chi connectivity index (χ3v) is 3.25. The van der Waals surface area contributed by atoms with Crippen molar-refractivity contribution in [3.63, 3.8) is 0 Å². The molecular formula is C14H20N2O4. The van der Waals surface area contributed by atoms with Gasteiger partial charge in [0.15, 0.2) is 5.75 Å². The minimum atomic E-state index is -0.430. The van der Waals surface area contributed by atoms with Gasteiger partial charge < -0.3 is 9.47 Å². The first-order valence-electron chi connectivity index (χ1n) is 6.91. The fourth-order valence-electron chi connectivity index (χ4n) is 2.31. The molecule has 1 heterocycles. The Kier molecular flexibility index (Phi) is 5.31. The summed E-state index contributed by atoms with van der Waals surface area (Å²) >= 11 is 0. The van der Waals surface area contributed by atoms with Crippen molar-refractivity contribution in [2.75, 3.05) is 32.8 Å². The zero-order valence-corrected chi connectivity index (χ0v) is 11.7. The Morgan fingerprint density at radius 1 is 1.50 bits per heavy atom. The Labute approximate surface area is 118 Å². The Bertz CT molecular complexity index is 451. The third-order valence-electron chi connectivity index (χ3n) is 3.25. The second kappa shape index (κ2) is 7.21. The molecule has 0 aromatic heterocycles. The summed E-state index contributed by atoms with van der Waals surface area (Å²) in [4.78, 5) is 12.8. The van der Waals surface area contributed by atoms with Crippen molar-refractivity contribution in [3.05, 3.63) is 34.4 Å². The number of para-hydroxylation sites is 2. The van der Waals surface area contributed by atoms with Crippen LogP contribution in [0.4, 0.5) is 5.69 Å². The molecule has 0 N–H and O–H groups in total. The summed E-state index contributed by atoms with van der Waals surface area (Å²) in [5.41, 5.74) is -0.00581. The molecule has 0 saturated carbocycles. The van der Waals surface area contributed by atoms with Gasteiger partial charge in [-0.2, -0.15) is 0 Å². The maximum absolute atomic E-state index is 10.9. The molecular weight excluding hydrogens is 260 g/mol. The highest BCUT2D eigenvalue weighted by atomic mass is 16.6. The van der Waals surface area contributed by atoms with E-state index < -0.39 is 4.92 Å². The van der Waals surface area contributed by atoms with Crippen molar-refractivity contribution in [2.24, 2.45) is 0 Å². The molecule has 2 rings (SSSR count). The number of morpholine rings is 1. The van der Waals surface area contributed by atoms with Crippen molar-refractivity contribution in [1.29, 1.82) is 0 Å². The van der Waals surface area contributed by atoms with Crippen molar-refractivity contribution in [2.45, 2.75) is 19.4 Å². The molecule has 1 aromatic carbocycles. The zero-order chi connectivity index (χ0) is 14.4. The van der Waals surface area contributed by atoms with Crippen LogP contribution >= 0.6 is 0 Å². The lowest BCUT2D eigenvalue weighted by Gasteiger charge is -2.32. The monoisotopic (exact) mass is 280 g/mol. The van der Waals surface area contributed by atoms with Crippen molar-refractivity contribution in [3.8, 4) is 5.75 Å². The van der Waals surface area contributed by atoms with Gasteiger partial charge in [-0.3, -0.25) is 15.0 Å². The van der Waals surface area contributed by atoms with Crippen molar-refractivity contribution in [1.82, 2.24) is 4.90 Å². The fourth-order valence-corrected chi connectivity index (χ4v) is 2.31. The summed E-state index contributed by atoms with van der Waals surface area (Å²) in [6, 6.07) is 6.42. The van der Waals surface area contributed by atoms with Crippen molar-refractivity contribution < 1.29 is 14.4 Å². The number of nitrogens with zero attached hydrogens (tertiary/aromatic N) is 2. The summed E-state index contributed by atoms with van der Waals surface area (Å²) in [5.74, 6) is 0.300. The second-order valence-electron chi connectivity index (χ2n) is 4.83. The predicted molar refractivity (Wildman–Crippen MR) is 75.1 cm³/mol. The first-order chi connectivity index (χ1) is 9.70. The molecule has 0 unspecified atom stereocenters. The van der Waals surface area contributed by atoms with Gasteiger partial charge in [0.2, 0.25) is 0 Å². The molecule has 20 heavy (non-hydrogen) atoms. The molecule has 0 spiro atoms. The second-order valence-corrected chi connectivity index (χ2v) is 4.83. The topological polar surface area (TPSA) is 64.8 Å². The first kappa shape index (κ1) is 14.7. The number of hydrogen-bond acceptors (Lipinski definition) is 5. The molecule has 0 amide bonds. The summed E-state index contributed by atoms with van der Waals surface area (Å²) < 4.78 is 11.2.